The van der Waals surface area contributed by atoms with E-state index in [1.165, 1.54) is 23.9 Å². The second kappa shape index (κ2) is 11.4. The molecule has 13 heteroatoms. The van der Waals surface area contributed by atoms with E-state index in [-0.39, 0.29) is 62.3 Å². The van der Waals surface area contributed by atoms with Crippen molar-refractivity contribution in [1.82, 2.24) is 30.0 Å². The van der Waals surface area contributed by atoms with Gasteiger partial charge in [-0.3, -0.25) is 9.58 Å². The molecule has 47 heavy (non-hydrogen) atoms. The number of hydrogen-bond donors (Lipinski definition) is 1. The van der Waals surface area contributed by atoms with Crippen LogP contribution in [0.5, 0.6) is 6.01 Å². The van der Waals surface area contributed by atoms with Gasteiger partial charge in [-0.2, -0.15) is 25.6 Å². The van der Waals surface area contributed by atoms with Crippen LogP contribution < -0.4 is 15.0 Å². The van der Waals surface area contributed by atoms with Gasteiger partial charge in [0.2, 0.25) is 0 Å². The van der Waals surface area contributed by atoms with Gasteiger partial charge in [0.15, 0.2) is 11.5 Å². The van der Waals surface area contributed by atoms with Crippen molar-refractivity contribution in [2.75, 3.05) is 44.2 Å². The molecule has 0 radical (unpaired) electrons. The van der Waals surface area contributed by atoms with Crippen molar-refractivity contribution >= 4 is 27.6 Å². The van der Waals surface area contributed by atoms with Gasteiger partial charge in [0.05, 0.1) is 18.2 Å². The van der Waals surface area contributed by atoms with Crippen LogP contribution >= 0.6 is 0 Å². The van der Waals surface area contributed by atoms with E-state index >= 15 is 4.39 Å². The summed E-state index contributed by atoms with van der Waals surface area (Å²) in [6, 6.07) is 8.83. The van der Waals surface area contributed by atoms with Crippen molar-refractivity contribution in [3.05, 3.63) is 41.1 Å². The Bertz CT molecular complexity index is 1980. The highest BCUT2D eigenvalue weighted by molar-refractivity contribution is 6.03. The summed E-state index contributed by atoms with van der Waals surface area (Å²) in [6.07, 6.45) is 4.74. The Labute approximate surface area is 269 Å². The summed E-state index contributed by atoms with van der Waals surface area (Å²) < 4.78 is 53.5. The number of benzene rings is 2. The number of nitriles is 2. The van der Waals surface area contributed by atoms with Crippen LogP contribution in [0.4, 0.5) is 19.0 Å². The number of alkyl halides is 1. The molecule has 10 nitrogen and oxygen atoms in total. The lowest BCUT2D eigenvalue weighted by Gasteiger charge is -2.43. The molecule has 4 aromatic rings. The van der Waals surface area contributed by atoms with E-state index in [0.29, 0.717) is 43.9 Å². The van der Waals surface area contributed by atoms with E-state index in [2.05, 4.69) is 31.3 Å². The minimum Gasteiger partial charge on any atom is -0.463 e. The van der Waals surface area contributed by atoms with Gasteiger partial charge < -0.3 is 15.0 Å². The van der Waals surface area contributed by atoms with E-state index in [1.807, 2.05) is 6.07 Å². The van der Waals surface area contributed by atoms with E-state index < -0.39 is 17.8 Å². The third-order valence-corrected chi connectivity index (χ3v) is 10.5. The predicted octanol–water partition coefficient (Wildman–Crippen LogP) is 4.74. The average Bonchev–Trinajstić information content (AvgIpc) is 3.73. The molecule has 4 aliphatic rings. The monoisotopic (exact) mass is 641 g/mol. The molecule has 3 atom stereocenters. The Morgan fingerprint density at radius 1 is 1.06 bits per heavy atom. The van der Waals surface area contributed by atoms with Crippen molar-refractivity contribution < 1.29 is 17.9 Å². The maximum absolute atomic E-state index is 17.1. The molecule has 242 valence electrons. The first-order chi connectivity index (χ1) is 22.8. The van der Waals surface area contributed by atoms with Gasteiger partial charge in [-0.15, -0.1) is 0 Å². The number of likely N-dealkylation sites (tertiary alicyclic amines) is 1. The van der Waals surface area contributed by atoms with Crippen molar-refractivity contribution in [3.8, 4) is 29.3 Å². The summed E-state index contributed by atoms with van der Waals surface area (Å²) in [7, 11) is 1.51. The number of aromatic nitrogens is 4. The molecule has 1 aliphatic carbocycles. The van der Waals surface area contributed by atoms with Crippen LogP contribution in [0.25, 0.3) is 32.9 Å². The predicted molar refractivity (Wildman–Crippen MR) is 168 cm³/mol. The van der Waals surface area contributed by atoms with Crippen LogP contribution in [0.15, 0.2) is 18.2 Å². The number of rotatable bonds is 7. The number of aryl methyl sites for hydroxylation is 1. The van der Waals surface area contributed by atoms with Crippen molar-refractivity contribution in [3.63, 3.8) is 0 Å². The molecule has 0 amide bonds. The molecule has 0 spiro atoms. The van der Waals surface area contributed by atoms with Gasteiger partial charge in [-0.05, 0) is 49.8 Å². The van der Waals surface area contributed by atoms with Crippen molar-refractivity contribution in [2.45, 2.75) is 56.8 Å². The first kappa shape index (κ1) is 29.9. The molecule has 2 aromatic carbocycles. The molecular weight excluding hydrogens is 607 g/mol. The van der Waals surface area contributed by atoms with Crippen LogP contribution in [-0.4, -0.2) is 82.2 Å². The van der Waals surface area contributed by atoms with E-state index in [0.717, 1.165) is 45.2 Å². The number of halogens is 3. The zero-order valence-electron chi connectivity index (χ0n) is 26.1. The molecule has 3 aliphatic heterocycles. The van der Waals surface area contributed by atoms with Crippen LogP contribution in [0.2, 0.25) is 0 Å². The van der Waals surface area contributed by atoms with Crippen LogP contribution in [0.1, 0.15) is 49.8 Å². The fourth-order valence-electron chi connectivity index (χ4n) is 8.12. The van der Waals surface area contributed by atoms with Gasteiger partial charge in [0.1, 0.15) is 34.9 Å². The van der Waals surface area contributed by atoms with Gasteiger partial charge in [-0.25, -0.2) is 13.2 Å². The molecule has 5 heterocycles. The summed E-state index contributed by atoms with van der Waals surface area (Å²) in [4.78, 5) is 13.7. The normalized spacial score (nSPS) is 23.6. The van der Waals surface area contributed by atoms with Crippen LogP contribution in [0.3, 0.4) is 0 Å². The Kier molecular flexibility index (Phi) is 7.23. The Balaban J connectivity index is 1.26. The fourth-order valence-corrected chi connectivity index (χ4v) is 8.12. The molecule has 2 aromatic heterocycles. The highest BCUT2D eigenvalue weighted by Gasteiger charge is 2.41. The molecule has 8 rings (SSSR count). The topological polar surface area (TPSA) is 119 Å². The summed E-state index contributed by atoms with van der Waals surface area (Å²) in [6.45, 7) is 3.53. The maximum Gasteiger partial charge on any atom is 0.319 e. The van der Waals surface area contributed by atoms with Gasteiger partial charge >= 0.3 is 6.01 Å². The Hall–Kier alpha value is -4.46. The number of hydrogen-bond acceptors (Lipinski definition) is 9. The van der Waals surface area contributed by atoms with Crippen molar-refractivity contribution in [2.24, 2.45) is 12.5 Å². The zero-order valence-corrected chi connectivity index (χ0v) is 26.1. The lowest BCUT2D eigenvalue weighted by Crippen LogP contribution is -2.51. The number of anilines is 1. The molecular formula is C34H34F3N9O. The van der Waals surface area contributed by atoms with Gasteiger partial charge in [0, 0.05) is 73.6 Å². The van der Waals surface area contributed by atoms with Gasteiger partial charge in [-0.1, -0.05) is 12.5 Å². The number of piperazine rings is 1. The third-order valence-electron chi connectivity index (χ3n) is 10.5. The smallest absolute Gasteiger partial charge is 0.319 e. The minimum absolute atomic E-state index is 0.0116. The minimum atomic E-state index is -0.803. The SMILES string of the molecule is Cn1nc(C#N)c2c(-c3c(C#N)cc4c(N5CC6CCC(C5)N6)nc(OCC5(CN6CC[C@@H](F)C6)CCC5)nc4c3F)ccc(F)c21. The van der Waals surface area contributed by atoms with Crippen molar-refractivity contribution in [1.29, 1.82) is 10.5 Å². The molecule has 2 bridgehead atoms. The fraction of sp³-hybridized carbons (Fsp3) is 0.500. The molecule has 3 saturated heterocycles. The lowest BCUT2D eigenvalue weighted by atomic mass is 9.69. The average molecular weight is 642 g/mol. The first-order valence-corrected chi connectivity index (χ1v) is 16.3. The lowest BCUT2D eigenvalue weighted by molar-refractivity contribution is 0.0196. The van der Waals surface area contributed by atoms with E-state index in [9.17, 15) is 19.3 Å². The summed E-state index contributed by atoms with van der Waals surface area (Å²) >= 11 is 0. The number of fused-ring (bicyclic) bond motifs is 4. The number of ether oxygens (including phenoxy) is 1. The molecule has 4 fully saturated rings. The third kappa shape index (κ3) is 5.04. The van der Waals surface area contributed by atoms with Crippen LogP contribution in [-0.2, 0) is 7.05 Å². The van der Waals surface area contributed by atoms with Crippen LogP contribution in [0, 0.1) is 39.7 Å². The quantitative estimate of drug-likeness (QED) is 0.305. The maximum atomic E-state index is 17.1. The second-order valence-electron chi connectivity index (χ2n) is 13.7. The Morgan fingerprint density at radius 3 is 2.51 bits per heavy atom. The first-order valence-electron chi connectivity index (χ1n) is 16.3. The molecule has 2 unspecified atom stereocenters. The highest BCUT2D eigenvalue weighted by atomic mass is 19.1. The number of nitrogens with zero attached hydrogens (tertiary/aromatic N) is 8. The molecule has 1 saturated carbocycles. The van der Waals surface area contributed by atoms with E-state index in [1.54, 1.807) is 6.07 Å². The highest BCUT2D eigenvalue weighted by Crippen LogP contribution is 2.44. The zero-order chi connectivity index (χ0) is 32.4. The van der Waals surface area contributed by atoms with E-state index in [4.69, 9.17) is 9.72 Å². The summed E-state index contributed by atoms with van der Waals surface area (Å²) in [5.74, 6) is -0.902. The molecule has 1 N–H and O–H groups in total. The standard InChI is InChI=1S/C34H34F3N9O/c1-44-31-25(36)6-5-23(28(31)26(13-39)43-44)27-19(12-38)11-24-30(29(27)37)41-33(42-32(24)46-15-21-3-4-22(16-46)40-21)47-18-34(8-2-9-34)17-45-10-7-20(35)14-45/h5-6,11,20-22,40H,2-4,7-10,14-18H2,1H3/t20-,21?,22?/m1/s1. The largest absolute Gasteiger partial charge is 0.463 e. The number of nitrogens with one attached hydrogen (secondary N) is 1. The summed E-state index contributed by atoms with van der Waals surface area (Å²) in [5.41, 5.74) is -0.116. The van der Waals surface area contributed by atoms with Gasteiger partial charge in [0.25, 0.3) is 0 Å². The Morgan fingerprint density at radius 2 is 1.85 bits per heavy atom. The second-order valence-corrected chi connectivity index (χ2v) is 13.7. The summed E-state index contributed by atoms with van der Waals surface area (Å²) in [5, 5.41) is 28.4.